The second-order valence-electron chi connectivity index (χ2n) is 7.34. The first-order valence-corrected chi connectivity index (χ1v) is 10.0. The van der Waals surface area contributed by atoms with Crippen LogP contribution < -0.4 is 10.2 Å². The molecule has 1 N–H and O–H groups in total. The summed E-state index contributed by atoms with van der Waals surface area (Å²) in [4.78, 5) is 37.4. The highest BCUT2D eigenvalue weighted by molar-refractivity contribution is 5.97. The van der Waals surface area contributed by atoms with E-state index in [1.807, 2.05) is 41.3 Å². The lowest BCUT2D eigenvalue weighted by molar-refractivity contribution is -0.384. The maximum absolute atomic E-state index is 12.3. The van der Waals surface area contributed by atoms with Crippen LogP contribution in [0.5, 0.6) is 0 Å². The van der Waals surface area contributed by atoms with Crippen molar-refractivity contribution in [3.8, 4) is 0 Å². The number of ether oxygens (including phenoxy) is 1. The van der Waals surface area contributed by atoms with Gasteiger partial charge in [-0.25, -0.2) is 4.79 Å². The fourth-order valence-electron chi connectivity index (χ4n) is 3.70. The number of nitrogens with zero attached hydrogens (tertiary/aromatic N) is 2. The van der Waals surface area contributed by atoms with Gasteiger partial charge in [0, 0.05) is 24.8 Å². The van der Waals surface area contributed by atoms with Gasteiger partial charge in [0.15, 0.2) is 6.61 Å². The van der Waals surface area contributed by atoms with E-state index in [9.17, 15) is 19.7 Å². The molecule has 0 spiro atoms. The van der Waals surface area contributed by atoms with Crippen LogP contribution in [-0.2, 0) is 9.53 Å². The Kier molecular flexibility index (Phi) is 5.79. The number of hydrogen-bond donors (Lipinski definition) is 1. The number of hydrogen-bond acceptors (Lipinski definition) is 6. The molecule has 1 aliphatic heterocycles. The van der Waals surface area contributed by atoms with Crippen molar-refractivity contribution in [1.82, 2.24) is 0 Å². The topological polar surface area (TPSA) is 102 Å². The fraction of sp³-hybridized carbons (Fsp3) is 0.217. The summed E-state index contributed by atoms with van der Waals surface area (Å²) < 4.78 is 5.06. The fourth-order valence-corrected chi connectivity index (χ4v) is 3.70. The number of esters is 1. The largest absolute Gasteiger partial charge is 0.452 e. The van der Waals surface area contributed by atoms with E-state index < -0.39 is 23.4 Å². The molecule has 31 heavy (non-hydrogen) atoms. The zero-order chi connectivity index (χ0) is 21.8. The number of nitro benzene ring substituents is 1. The molecule has 1 saturated heterocycles. The van der Waals surface area contributed by atoms with E-state index in [0.29, 0.717) is 11.4 Å². The smallest absolute Gasteiger partial charge is 0.338 e. The van der Waals surface area contributed by atoms with Crippen LogP contribution >= 0.6 is 0 Å². The van der Waals surface area contributed by atoms with Gasteiger partial charge in [0.1, 0.15) is 5.69 Å². The van der Waals surface area contributed by atoms with Gasteiger partial charge in [0.25, 0.3) is 11.6 Å². The standard InChI is InChI=1S/C23H21N3O5/c27-22(24-19-9-7-16-5-1-2-6-17(16)13-19)15-31-23(28)18-8-10-20(21(14-18)26(29)30)25-11-3-4-12-25/h1-2,5-10,13-14H,3-4,11-12,15H2,(H,24,27). The maximum Gasteiger partial charge on any atom is 0.338 e. The number of fused-ring (bicyclic) bond motifs is 1. The van der Waals surface area contributed by atoms with Crippen molar-refractivity contribution >= 4 is 39.7 Å². The molecule has 0 aromatic heterocycles. The molecule has 8 heteroatoms. The normalized spacial score (nSPS) is 13.2. The van der Waals surface area contributed by atoms with Crippen LogP contribution in [0.1, 0.15) is 23.2 Å². The Morgan fingerprint density at radius 2 is 1.74 bits per heavy atom. The second kappa shape index (κ2) is 8.83. The number of rotatable bonds is 6. The van der Waals surface area contributed by atoms with Gasteiger partial charge in [-0.3, -0.25) is 14.9 Å². The number of carbonyl (C=O) groups excluding carboxylic acids is 2. The predicted octanol–water partition coefficient (Wildman–Crippen LogP) is 4.14. The van der Waals surface area contributed by atoms with Crippen LogP contribution in [-0.4, -0.2) is 36.5 Å². The predicted molar refractivity (Wildman–Crippen MR) is 117 cm³/mol. The van der Waals surface area contributed by atoms with E-state index >= 15 is 0 Å². The van der Waals surface area contributed by atoms with Crippen molar-refractivity contribution in [1.29, 1.82) is 0 Å². The van der Waals surface area contributed by atoms with Crippen LogP contribution in [0.15, 0.2) is 60.7 Å². The highest BCUT2D eigenvalue weighted by Gasteiger charge is 2.24. The zero-order valence-electron chi connectivity index (χ0n) is 16.7. The number of amides is 1. The summed E-state index contributed by atoms with van der Waals surface area (Å²) in [5, 5.41) is 16.2. The average Bonchev–Trinajstić information content (AvgIpc) is 3.31. The Labute approximate surface area is 178 Å². The minimum atomic E-state index is -0.787. The molecule has 0 saturated carbocycles. The average molecular weight is 419 g/mol. The van der Waals surface area contributed by atoms with Crippen molar-refractivity contribution in [2.24, 2.45) is 0 Å². The molecule has 0 atom stereocenters. The van der Waals surface area contributed by atoms with Crippen LogP contribution in [0, 0.1) is 10.1 Å². The molecule has 1 fully saturated rings. The van der Waals surface area contributed by atoms with E-state index in [4.69, 9.17) is 4.74 Å². The summed E-state index contributed by atoms with van der Waals surface area (Å²) in [6, 6.07) is 17.5. The summed E-state index contributed by atoms with van der Waals surface area (Å²) in [6.07, 6.45) is 1.96. The Bertz CT molecular complexity index is 1150. The number of nitrogens with one attached hydrogen (secondary N) is 1. The molecule has 0 unspecified atom stereocenters. The van der Waals surface area contributed by atoms with Crippen LogP contribution in [0.3, 0.4) is 0 Å². The SMILES string of the molecule is O=C(COC(=O)c1ccc(N2CCCC2)c([N+](=O)[O-])c1)Nc1ccc2ccccc2c1. The zero-order valence-corrected chi connectivity index (χ0v) is 16.7. The van der Waals surface area contributed by atoms with Gasteiger partial charge in [-0.15, -0.1) is 0 Å². The summed E-state index contributed by atoms with van der Waals surface area (Å²) in [7, 11) is 0. The molecular weight excluding hydrogens is 398 g/mol. The Hall–Kier alpha value is -3.94. The minimum Gasteiger partial charge on any atom is -0.452 e. The molecule has 3 aromatic carbocycles. The molecule has 1 amide bonds. The van der Waals surface area contributed by atoms with Crippen molar-refractivity contribution in [2.45, 2.75) is 12.8 Å². The van der Waals surface area contributed by atoms with Gasteiger partial charge in [-0.2, -0.15) is 0 Å². The lowest BCUT2D eigenvalue weighted by atomic mass is 10.1. The first-order valence-electron chi connectivity index (χ1n) is 10.0. The lowest BCUT2D eigenvalue weighted by Crippen LogP contribution is -2.21. The van der Waals surface area contributed by atoms with E-state index in [-0.39, 0.29) is 11.3 Å². The highest BCUT2D eigenvalue weighted by Crippen LogP contribution is 2.31. The van der Waals surface area contributed by atoms with Crippen LogP contribution in [0.4, 0.5) is 17.1 Å². The van der Waals surface area contributed by atoms with Crippen LogP contribution in [0.25, 0.3) is 10.8 Å². The molecular formula is C23H21N3O5. The summed E-state index contributed by atoms with van der Waals surface area (Å²) in [5.41, 5.74) is 0.976. The minimum absolute atomic E-state index is 0.0353. The van der Waals surface area contributed by atoms with Crippen molar-refractivity contribution < 1.29 is 19.2 Å². The molecule has 8 nitrogen and oxygen atoms in total. The molecule has 0 bridgehead atoms. The molecule has 0 radical (unpaired) electrons. The summed E-state index contributed by atoms with van der Waals surface area (Å²) in [5.74, 6) is -1.28. The lowest BCUT2D eigenvalue weighted by Gasteiger charge is -2.17. The first-order chi connectivity index (χ1) is 15.0. The van der Waals surface area contributed by atoms with E-state index in [1.165, 1.54) is 12.1 Å². The molecule has 1 heterocycles. The van der Waals surface area contributed by atoms with Gasteiger partial charge in [0.05, 0.1) is 10.5 Å². The summed E-state index contributed by atoms with van der Waals surface area (Å²) in [6.45, 7) is 1.01. The van der Waals surface area contributed by atoms with Gasteiger partial charge >= 0.3 is 5.97 Å². The highest BCUT2D eigenvalue weighted by atomic mass is 16.6. The number of carbonyl (C=O) groups is 2. The van der Waals surface area contributed by atoms with E-state index in [2.05, 4.69) is 5.32 Å². The molecule has 4 rings (SSSR count). The third-order valence-electron chi connectivity index (χ3n) is 5.22. The quantitative estimate of drug-likeness (QED) is 0.366. The van der Waals surface area contributed by atoms with Gasteiger partial charge < -0.3 is 15.0 Å². The second-order valence-corrected chi connectivity index (χ2v) is 7.34. The molecule has 1 aliphatic rings. The third-order valence-corrected chi connectivity index (χ3v) is 5.22. The Balaban J connectivity index is 1.40. The molecule has 0 aliphatic carbocycles. The van der Waals surface area contributed by atoms with E-state index in [0.717, 1.165) is 36.7 Å². The van der Waals surface area contributed by atoms with Gasteiger partial charge in [0.2, 0.25) is 0 Å². The van der Waals surface area contributed by atoms with Crippen LogP contribution in [0.2, 0.25) is 0 Å². The summed E-state index contributed by atoms with van der Waals surface area (Å²) >= 11 is 0. The van der Waals surface area contributed by atoms with Gasteiger partial charge in [-0.05, 0) is 47.9 Å². The Morgan fingerprint density at radius 1 is 1.00 bits per heavy atom. The van der Waals surface area contributed by atoms with Crippen molar-refractivity contribution in [3.05, 3.63) is 76.3 Å². The first kappa shape index (κ1) is 20.3. The monoisotopic (exact) mass is 419 g/mol. The molecule has 3 aromatic rings. The maximum atomic E-state index is 12.3. The van der Waals surface area contributed by atoms with Gasteiger partial charge in [-0.1, -0.05) is 30.3 Å². The number of nitro groups is 1. The number of benzene rings is 3. The van der Waals surface area contributed by atoms with E-state index in [1.54, 1.807) is 12.1 Å². The number of anilines is 2. The molecule has 158 valence electrons. The third kappa shape index (κ3) is 4.63. The Morgan fingerprint density at radius 3 is 2.48 bits per heavy atom. The van der Waals surface area contributed by atoms with Crippen molar-refractivity contribution in [2.75, 3.05) is 29.9 Å². The van der Waals surface area contributed by atoms with Crippen molar-refractivity contribution in [3.63, 3.8) is 0 Å².